The predicted octanol–water partition coefficient (Wildman–Crippen LogP) is 0.288. The maximum atomic E-state index is 11.9. The first kappa shape index (κ1) is 15.0. The van der Waals surface area contributed by atoms with E-state index in [2.05, 4.69) is 10.3 Å². The minimum Gasteiger partial charge on any atom is -0.478 e. The quantitative estimate of drug-likeness (QED) is 0.731. The number of amides is 1. The summed E-state index contributed by atoms with van der Waals surface area (Å²) < 4.78 is 10.9. The molecule has 1 heterocycles. The van der Waals surface area contributed by atoms with Crippen LogP contribution in [0.25, 0.3) is 6.08 Å². The molecule has 102 valence electrons. The van der Waals surface area contributed by atoms with E-state index >= 15 is 0 Å². The van der Waals surface area contributed by atoms with Crippen LogP contribution >= 0.6 is 0 Å². The summed E-state index contributed by atoms with van der Waals surface area (Å²) in [5.41, 5.74) is 0.745. The summed E-state index contributed by atoms with van der Waals surface area (Å²) in [6, 6.07) is 1.50. The monoisotopic (exact) mass is 282 g/mol. The van der Waals surface area contributed by atoms with Crippen molar-refractivity contribution in [1.29, 1.82) is 0 Å². The van der Waals surface area contributed by atoms with E-state index in [9.17, 15) is 13.8 Å². The second kappa shape index (κ2) is 7.42. The van der Waals surface area contributed by atoms with Gasteiger partial charge in [-0.3, -0.25) is 14.0 Å². The molecule has 0 saturated heterocycles. The second-order valence-electron chi connectivity index (χ2n) is 3.67. The molecular formula is C12H14N2O4S. The fraction of sp³-hybridized carbons (Fsp3) is 0.250. The third-order valence-corrected chi connectivity index (χ3v) is 2.96. The number of aliphatic carboxylic acids is 1. The number of carboxylic acids is 1. The zero-order chi connectivity index (χ0) is 14.3. The van der Waals surface area contributed by atoms with E-state index < -0.39 is 16.8 Å². The van der Waals surface area contributed by atoms with Gasteiger partial charge >= 0.3 is 5.97 Å². The van der Waals surface area contributed by atoms with Crippen LogP contribution in [0, 0.1) is 0 Å². The molecule has 2 N–H and O–H groups in total. The third kappa shape index (κ3) is 5.43. The number of aromatic nitrogens is 1. The van der Waals surface area contributed by atoms with Crippen LogP contribution < -0.4 is 5.32 Å². The Labute approximate surface area is 113 Å². The van der Waals surface area contributed by atoms with Gasteiger partial charge in [-0.1, -0.05) is 0 Å². The Bertz CT molecular complexity index is 528. The highest BCUT2D eigenvalue weighted by atomic mass is 32.2. The minimum atomic E-state index is -1.10. The molecule has 0 aliphatic heterocycles. The Hall–Kier alpha value is -2.02. The molecule has 7 heteroatoms. The first-order chi connectivity index (χ1) is 9.00. The van der Waals surface area contributed by atoms with Crippen molar-refractivity contribution in [2.24, 2.45) is 0 Å². The molecule has 0 radical (unpaired) electrons. The molecule has 0 spiro atoms. The van der Waals surface area contributed by atoms with Gasteiger partial charge < -0.3 is 10.4 Å². The van der Waals surface area contributed by atoms with E-state index in [1.54, 1.807) is 6.26 Å². The van der Waals surface area contributed by atoms with Gasteiger partial charge in [0.15, 0.2) is 0 Å². The fourth-order valence-corrected chi connectivity index (χ4v) is 1.70. The first-order valence-electron chi connectivity index (χ1n) is 5.44. The van der Waals surface area contributed by atoms with Crippen LogP contribution in [0.2, 0.25) is 0 Å². The van der Waals surface area contributed by atoms with Crippen molar-refractivity contribution in [2.45, 2.75) is 0 Å². The van der Waals surface area contributed by atoms with Gasteiger partial charge in [0.2, 0.25) is 0 Å². The van der Waals surface area contributed by atoms with E-state index in [0.29, 0.717) is 23.4 Å². The number of rotatable bonds is 6. The lowest BCUT2D eigenvalue weighted by Crippen LogP contribution is -2.28. The van der Waals surface area contributed by atoms with Gasteiger partial charge in [-0.25, -0.2) is 4.79 Å². The molecule has 0 aliphatic carbocycles. The van der Waals surface area contributed by atoms with Crippen molar-refractivity contribution < 1.29 is 18.9 Å². The molecule has 1 rings (SSSR count). The molecule has 6 nitrogen and oxygen atoms in total. The van der Waals surface area contributed by atoms with Crippen LogP contribution in [0.15, 0.2) is 24.5 Å². The maximum absolute atomic E-state index is 11.9. The van der Waals surface area contributed by atoms with E-state index in [4.69, 9.17) is 5.11 Å². The van der Waals surface area contributed by atoms with Gasteiger partial charge in [0.05, 0.1) is 0 Å². The summed E-state index contributed by atoms with van der Waals surface area (Å²) in [4.78, 5) is 26.2. The summed E-state index contributed by atoms with van der Waals surface area (Å²) in [7, 11) is -0.972. The molecular weight excluding hydrogens is 268 g/mol. The Morgan fingerprint density at radius 2 is 2.26 bits per heavy atom. The van der Waals surface area contributed by atoms with Crippen molar-refractivity contribution in [3.8, 4) is 0 Å². The summed E-state index contributed by atoms with van der Waals surface area (Å²) in [6.07, 6.45) is 6.66. The standard InChI is InChI=1S/C12H14N2O4S/c1-19(18)7-6-14-12(17)10-4-5-13-8-9(10)2-3-11(15)16/h2-5,8H,6-7H2,1H3,(H,14,17)(H,15,16)/b3-2+. The smallest absolute Gasteiger partial charge is 0.328 e. The normalized spacial score (nSPS) is 12.3. The minimum absolute atomic E-state index is 0.298. The number of carbonyl (C=O) groups is 2. The molecule has 1 unspecified atom stereocenters. The Morgan fingerprint density at radius 3 is 2.89 bits per heavy atom. The van der Waals surface area contributed by atoms with E-state index in [-0.39, 0.29) is 5.91 Å². The van der Waals surface area contributed by atoms with Gasteiger partial charge in [-0.15, -0.1) is 0 Å². The number of nitrogens with one attached hydrogen (secondary N) is 1. The van der Waals surface area contributed by atoms with E-state index in [1.165, 1.54) is 24.5 Å². The summed E-state index contributed by atoms with van der Waals surface area (Å²) in [6.45, 7) is 0.298. The van der Waals surface area contributed by atoms with Crippen LogP contribution in [0.5, 0.6) is 0 Å². The molecule has 1 amide bonds. The lowest BCUT2D eigenvalue weighted by molar-refractivity contribution is -0.131. The van der Waals surface area contributed by atoms with Crippen molar-refractivity contribution in [3.05, 3.63) is 35.7 Å². The molecule has 19 heavy (non-hydrogen) atoms. The topological polar surface area (TPSA) is 96.4 Å². The van der Waals surface area contributed by atoms with Gasteiger partial charge in [-0.2, -0.15) is 0 Å². The zero-order valence-corrected chi connectivity index (χ0v) is 11.1. The molecule has 0 fully saturated rings. The fourth-order valence-electron chi connectivity index (χ4n) is 1.31. The van der Waals surface area contributed by atoms with E-state index in [0.717, 1.165) is 6.08 Å². The SMILES string of the molecule is CS(=O)CCNC(=O)c1ccncc1/C=C/C(=O)O. The van der Waals surface area contributed by atoms with Crippen LogP contribution in [0.3, 0.4) is 0 Å². The first-order valence-corrected chi connectivity index (χ1v) is 7.16. The predicted molar refractivity (Wildman–Crippen MR) is 72.2 cm³/mol. The summed E-state index contributed by atoms with van der Waals surface area (Å²) in [5, 5.41) is 11.2. The number of hydrogen-bond donors (Lipinski definition) is 2. The molecule has 1 atom stereocenters. The van der Waals surface area contributed by atoms with E-state index in [1.807, 2.05) is 0 Å². The summed E-state index contributed by atoms with van der Waals surface area (Å²) in [5.74, 6) is -1.08. The second-order valence-corrected chi connectivity index (χ2v) is 5.22. The van der Waals surface area contributed by atoms with Crippen molar-refractivity contribution in [3.63, 3.8) is 0 Å². The van der Waals surface area contributed by atoms with Crippen molar-refractivity contribution in [1.82, 2.24) is 10.3 Å². The lowest BCUT2D eigenvalue weighted by Gasteiger charge is -2.06. The molecule has 0 saturated carbocycles. The molecule has 1 aromatic rings. The van der Waals surface area contributed by atoms with Gasteiger partial charge in [0.1, 0.15) is 0 Å². The third-order valence-electron chi connectivity index (χ3n) is 2.18. The number of hydrogen-bond acceptors (Lipinski definition) is 4. The average molecular weight is 282 g/mol. The molecule has 0 aromatic carbocycles. The Kier molecular flexibility index (Phi) is 5.87. The molecule has 0 aliphatic rings. The van der Waals surface area contributed by atoms with Gasteiger partial charge in [-0.05, 0) is 12.1 Å². The highest BCUT2D eigenvalue weighted by molar-refractivity contribution is 7.84. The molecule has 0 bridgehead atoms. The number of carbonyl (C=O) groups excluding carboxylic acids is 1. The Morgan fingerprint density at radius 1 is 1.53 bits per heavy atom. The van der Waals surface area contributed by atoms with Crippen LogP contribution in [-0.4, -0.2) is 44.7 Å². The van der Waals surface area contributed by atoms with Crippen LogP contribution in [0.1, 0.15) is 15.9 Å². The lowest BCUT2D eigenvalue weighted by atomic mass is 10.1. The maximum Gasteiger partial charge on any atom is 0.328 e. The van der Waals surface area contributed by atoms with Crippen molar-refractivity contribution in [2.75, 3.05) is 18.6 Å². The van der Waals surface area contributed by atoms with Crippen molar-refractivity contribution >= 4 is 28.8 Å². The number of nitrogens with zero attached hydrogens (tertiary/aromatic N) is 1. The number of pyridine rings is 1. The highest BCUT2D eigenvalue weighted by Gasteiger charge is 2.09. The largest absolute Gasteiger partial charge is 0.478 e. The average Bonchev–Trinajstić information content (AvgIpc) is 2.36. The highest BCUT2D eigenvalue weighted by Crippen LogP contribution is 2.08. The summed E-state index contributed by atoms with van der Waals surface area (Å²) >= 11 is 0. The van der Waals surface area contributed by atoms with Gasteiger partial charge in [0, 0.05) is 58.9 Å². The van der Waals surface area contributed by atoms with Gasteiger partial charge in [0.25, 0.3) is 5.91 Å². The van der Waals surface area contributed by atoms with Crippen LogP contribution in [0.4, 0.5) is 0 Å². The molecule has 1 aromatic heterocycles. The Balaban J connectivity index is 2.79. The zero-order valence-electron chi connectivity index (χ0n) is 10.3. The van der Waals surface area contributed by atoms with Crippen LogP contribution in [-0.2, 0) is 15.6 Å². The number of carboxylic acid groups (broad SMARTS) is 1.